The largest absolute Gasteiger partial charge is 0.478 e. The number of aromatic nitrogens is 2. The van der Waals surface area contributed by atoms with Crippen LogP contribution in [0, 0.1) is 6.92 Å². The van der Waals surface area contributed by atoms with Crippen molar-refractivity contribution in [2.45, 2.75) is 16.2 Å². The molecule has 2 rings (SSSR count). The van der Waals surface area contributed by atoms with Gasteiger partial charge in [0.15, 0.2) is 4.34 Å². The van der Waals surface area contributed by atoms with Gasteiger partial charge in [-0.3, -0.25) is 0 Å². The Hall–Kier alpha value is -1.60. The van der Waals surface area contributed by atoms with Crippen LogP contribution >= 0.6 is 23.3 Å². The molecule has 7 heteroatoms. The van der Waals surface area contributed by atoms with Gasteiger partial charge < -0.3 is 10.8 Å². The standard InChI is InChI=1S/C10H9N3O2S2/c1-5-2-6(16-10-12-4-13-17-10)3-7(8(5)11)9(14)15/h2-4H,11H2,1H3,(H,14,15). The summed E-state index contributed by atoms with van der Waals surface area (Å²) in [4.78, 5) is 15.8. The Kier molecular flexibility index (Phi) is 3.30. The number of nitrogens with two attached hydrogens (primary N) is 1. The van der Waals surface area contributed by atoms with Gasteiger partial charge in [0.05, 0.1) is 5.56 Å². The quantitative estimate of drug-likeness (QED) is 0.829. The van der Waals surface area contributed by atoms with Crippen molar-refractivity contribution in [3.63, 3.8) is 0 Å². The first-order valence-electron chi connectivity index (χ1n) is 4.66. The molecular weight excluding hydrogens is 258 g/mol. The van der Waals surface area contributed by atoms with E-state index in [2.05, 4.69) is 9.36 Å². The smallest absolute Gasteiger partial charge is 0.337 e. The highest BCUT2D eigenvalue weighted by Crippen LogP contribution is 2.32. The summed E-state index contributed by atoms with van der Waals surface area (Å²) in [5, 5.41) is 9.03. The molecule has 0 spiro atoms. The van der Waals surface area contributed by atoms with E-state index in [9.17, 15) is 4.79 Å². The Bertz CT molecular complexity index is 555. The number of benzene rings is 1. The van der Waals surface area contributed by atoms with Gasteiger partial charge in [-0.2, -0.15) is 4.37 Å². The number of carboxylic acids is 1. The maximum atomic E-state index is 11.0. The third kappa shape index (κ3) is 2.56. The summed E-state index contributed by atoms with van der Waals surface area (Å²) < 4.78 is 4.65. The summed E-state index contributed by atoms with van der Waals surface area (Å²) in [5.41, 5.74) is 6.88. The highest BCUT2D eigenvalue weighted by Gasteiger charge is 2.13. The number of carboxylic acid groups (broad SMARTS) is 1. The molecule has 2 aromatic rings. The summed E-state index contributed by atoms with van der Waals surface area (Å²) in [6, 6.07) is 3.39. The lowest BCUT2D eigenvalue weighted by molar-refractivity contribution is 0.0697. The second-order valence-corrected chi connectivity index (χ2v) is 5.42. The number of hydrogen-bond acceptors (Lipinski definition) is 6. The first-order valence-corrected chi connectivity index (χ1v) is 6.25. The minimum atomic E-state index is -1.02. The van der Waals surface area contributed by atoms with Gasteiger partial charge in [0.2, 0.25) is 0 Å². The van der Waals surface area contributed by atoms with Crippen LogP contribution in [-0.2, 0) is 0 Å². The monoisotopic (exact) mass is 267 g/mol. The third-order valence-corrected chi connectivity index (χ3v) is 3.82. The number of aromatic carboxylic acids is 1. The van der Waals surface area contributed by atoms with Crippen molar-refractivity contribution in [1.82, 2.24) is 9.36 Å². The van der Waals surface area contributed by atoms with E-state index in [4.69, 9.17) is 10.8 Å². The van der Waals surface area contributed by atoms with Crippen molar-refractivity contribution < 1.29 is 9.90 Å². The van der Waals surface area contributed by atoms with Crippen LogP contribution in [0.4, 0.5) is 5.69 Å². The fraction of sp³-hybridized carbons (Fsp3) is 0.100. The SMILES string of the molecule is Cc1cc(Sc2ncns2)cc(C(=O)O)c1N. The molecule has 0 bridgehead atoms. The second kappa shape index (κ2) is 4.72. The zero-order valence-electron chi connectivity index (χ0n) is 8.88. The topological polar surface area (TPSA) is 89.1 Å². The van der Waals surface area contributed by atoms with E-state index in [0.717, 1.165) is 14.8 Å². The lowest BCUT2D eigenvalue weighted by Crippen LogP contribution is -2.04. The summed E-state index contributed by atoms with van der Waals surface area (Å²) in [6.07, 6.45) is 1.47. The molecule has 88 valence electrons. The van der Waals surface area contributed by atoms with Crippen molar-refractivity contribution >= 4 is 35.0 Å². The third-order valence-electron chi connectivity index (χ3n) is 2.14. The van der Waals surface area contributed by atoms with Gasteiger partial charge >= 0.3 is 5.97 Å². The van der Waals surface area contributed by atoms with E-state index in [0.29, 0.717) is 5.69 Å². The molecule has 5 nitrogen and oxygen atoms in total. The highest BCUT2D eigenvalue weighted by atomic mass is 32.2. The maximum absolute atomic E-state index is 11.0. The number of anilines is 1. The fourth-order valence-electron chi connectivity index (χ4n) is 1.31. The van der Waals surface area contributed by atoms with Crippen LogP contribution in [-0.4, -0.2) is 20.4 Å². The molecule has 1 heterocycles. The highest BCUT2D eigenvalue weighted by molar-refractivity contribution is 8.01. The Morgan fingerprint density at radius 1 is 1.53 bits per heavy atom. The van der Waals surface area contributed by atoms with Gasteiger partial charge in [-0.05, 0) is 36.2 Å². The average molecular weight is 267 g/mol. The van der Waals surface area contributed by atoms with Crippen molar-refractivity contribution in [2.75, 3.05) is 5.73 Å². The fourth-order valence-corrected chi connectivity index (χ4v) is 2.87. The van der Waals surface area contributed by atoms with Crippen LogP contribution in [0.3, 0.4) is 0 Å². The Morgan fingerprint density at radius 2 is 2.29 bits per heavy atom. The summed E-state index contributed by atoms with van der Waals surface area (Å²) in [6.45, 7) is 1.78. The average Bonchev–Trinajstić information content (AvgIpc) is 2.75. The number of rotatable bonds is 3. The van der Waals surface area contributed by atoms with E-state index in [1.165, 1.54) is 29.6 Å². The molecule has 1 aromatic heterocycles. The zero-order valence-corrected chi connectivity index (χ0v) is 10.5. The molecule has 17 heavy (non-hydrogen) atoms. The minimum absolute atomic E-state index is 0.122. The maximum Gasteiger partial charge on any atom is 0.337 e. The van der Waals surface area contributed by atoms with Gasteiger partial charge in [0.25, 0.3) is 0 Å². The molecule has 0 atom stereocenters. The molecule has 0 aliphatic carbocycles. The van der Waals surface area contributed by atoms with Crippen LogP contribution in [0.25, 0.3) is 0 Å². The Balaban J connectivity index is 2.39. The summed E-state index contributed by atoms with van der Waals surface area (Å²) >= 11 is 2.64. The van der Waals surface area contributed by atoms with Crippen molar-refractivity contribution in [3.8, 4) is 0 Å². The number of nitrogens with zero attached hydrogens (tertiary/aromatic N) is 2. The molecule has 0 saturated carbocycles. The van der Waals surface area contributed by atoms with E-state index in [1.807, 2.05) is 6.07 Å². The van der Waals surface area contributed by atoms with Crippen LogP contribution < -0.4 is 5.73 Å². The van der Waals surface area contributed by atoms with Crippen molar-refractivity contribution in [1.29, 1.82) is 0 Å². The molecule has 0 saturated heterocycles. The van der Waals surface area contributed by atoms with Crippen molar-refractivity contribution in [3.05, 3.63) is 29.6 Å². The molecule has 1 aromatic carbocycles. The van der Waals surface area contributed by atoms with Crippen LogP contribution in [0.2, 0.25) is 0 Å². The Morgan fingerprint density at radius 3 is 2.88 bits per heavy atom. The van der Waals surface area contributed by atoms with Crippen molar-refractivity contribution in [2.24, 2.45) is 0 Å². The predicted molar refractivity (Wildman–Crippen MR) is 66.6 cm³/mol. The van der Waals surface area contributed by atoms with E-state index in [-0.39, 0.29) is 5.56 Å². The van der Waals surface area contributed by atoms with Gasteiger partial charge in [0, 0.05) is 10.6 Å². The molecule has 0 aliphatic rings. The van der Waals surface area contributed by atoms with Gasteiger partial charge in [-0.15, -0.1) is 0 Å². The van der Waals surface area contributed by atoms with E-state index >= 15 is 0 Å². The first-order chi connectivity index (χ1) is 8.08. The van der Waals surface area contributed by atoms with Gasteiger partial charge in [0.1, 0.15) is 6.33 Å². The minimum Gasteiger partial charge on any atom is -0.478 e. The van der Waals surface area contributed by atoms with E-state index < -0.39 is 5.97 Å². The molecule has 0 radical (unpaired) electrons. The number of hydrogen-bond donors (Lipinski definition) is 2. The predicted octanol–water partition coefficient (Wildman–Crippen LogP) is 2.28. The summed E-state index contributed by atoms with van der Waals surface area (Å²) in [7, 11) is 0. The number of carbonyl (C=O) groups is 1. The molecule has 3 N–H and O–H groups in total. The van der Waals surface area contributed by atoms with Crippen LogP contribution in [0.5, 0.6) is 0 Å². The van der Waals surface area contributed by atoms with Crippen LogP contribution in [0.15, 0.2) is 27.7 Å². The normalized spacial score (nSPS) is 10.4. The summed E-state index contributed by atoms with van der Waals surface area (Å²) in [5.74, 6) is -1.02. The second-order valence-electron chi connectivity index (χ2n) is 3.32. The zero-order chi connectivity index (χ0) is 12.4. The lowest BCUT2D eigenvalue weighted by atomic mass is 10.1. The number of aryl methyl sites for hydroxylation is 1. The van der Waals surface area contributed by atoms with Gasteiger partial charge in [-0.1, -0.05) is 11.8 Å². The molecule has 0 unspecified atom stereocenters. The van der Waals surface area contributed by atoms with E-state index in [1.54, 1.807) is 13.0 Å². The van der Waals surface area contributed by atoms with Gasteiger partial charge in [-0.25, -0.2) is 9.78 Å². The first kappa shape index (κ1) is 11.9. The number of nitrogen functional groups attached to an aromatic ring is 1. The molecule has 0 amide bonds. The lowest BCUT2D eigenvalue weighted by Gasteiger charge is -2.07. The molecular formula is C10H9N3O2S2. The molecule has 0 fully saturated rings. The Labute approximate surface area is 106 Å². The van der Waals surface area contributed by atoms with Crippen LogP contribution in [0.1, 0.15) is 15.9 Å². The molecule has 0 aliphatic heterocycles.